The number of aromatic nitrogens is 6. The van der Waals surface area contributed by atoms with Crippen molar-refractivity contribution < 1.29 is 4.79 Å². The number of para-hydroxylation sites is 1. The number of benzene rings is 1. The van der Waals surface area contributed by atoms with Crippen LogP contribution in [0.4, 0.5) is 5.82 Å². The predicted octanol–water partition coefficient (Wildman–Crippen LogP) is 1.74. The maximum atomic E-state index is 12.7. The Bertz CT molecular complexity index is 1580. The molecule has 1 aromatic carbocycles. The highest BCUT2D eigenvalue weighted by Crippen LogP contribution is 2.29. The summed E-state index contributed by atoms with van der Waals surface area (Å²) in [5, 5.41) is 3.46. The van der Waals surface area contributed by atoms with E-state index in [9.17, 15) is 14.4 Å². The van der Waals surface area contributed by atoms with E-state index in [-0.39, 0.29) is 11.2 Å². The van der Waals surface area contributed by atoms with Crippen LogP contribution < -0.4 is 16.6 Å². The topological polar surface area (TPSA) is 117 Å². The van der Waals surface area contributed by atoms with Crippen LogP contribution in [-0.4, -0.2) is 34.6 Å². The van der Waals surface area contributed by atoms with E-state index >= 15 is 0 Å². The van der Waals surface area contributed by atoms with Gasteiger partial charge in [-0.15, -0.1) is 11.3 Å². The van der Waals surface area contributed by atoms with Crippen LogP contribution in [0.25, 0.3) is 32.0 Å². The standard InChI is InChI=1S/C21H17N7O3S/c1-26-11-23-18-17(26)20(30)28(21(31)27(18)2)10-16(29)25-15-8-7-12(9-22-15)19-24-13-5-3-4-6-14(13)32-19/h3-9,11H,10H2,1-2H3,(H,22,25,29). The van der Waals surface area contributed by atoms with E-state index in [1.54, 1.807) is 30.6 Å². The van der Waals surface area contributed by atoms with Crippen molar-refractivity contribution in [2.24, 2.45) is 14.1 Å². The monoisotopic (exact) mass is 447 g/mol. The summed E-state index contributed by atoms with van der Waals surface area (Å²) in [5.74, 6) is -0.225. The number of pyridine rings is 1. The number of amides is 1. The molecule has 4 heterocycles. The summed E-state index contributed by atoms with van der Waals surface area (Å²) in [6.07, 6.45) is 3.08. The highest BCUT2D eigenvalue weighted by atomic mass is 32.1. The lowest BCUT2D eigenvalue weighted by Crippen LogP contribution is -2.42. The Morgan fingerprint density at radius 1 is 1.09 bits per heavy atom. The van der Waals surface area contributed by atoms with E-state index in [4.69, 9.17) is 0 Å². The van der Waals surface area contributed by atoms with Gasteiger partial charge in [0.1, 0.15) is 17.4 Å². The SMILES string of the molecule is Cn1cnc2c1c(=O)n(CC(=O)Nc1ccc(-c3nc4ccccc4s3)cn1)c(=O)n2C. The minimum atomic E-state index is -0.615. The molecule has 0 spiro atoms. The summed E-state index contributed by atoms with van der Waals surface area (Å²) in [5.41, 5.74) is 1.08. The van der Waals surface area contributed by atoms with Gasteiger partial charge in [0.05, 0.1) is 16.5 Å². The predicted molar refractivity (Wildman–Crippen MR) is 122 cm³/mol. The Labute approximate surface area is 184 Å². The van der Waals surface area contributed by atoms with Gasteiger partial charge >= 0.3 is 5.69 Å². The number of carbonyl (C=O) groups excluding carboxylic acids is 1. The van der Waals surface area contributed by atoms with E-state index in [1.165, 1.54) is 22.5 Å². The second-order valence-electron chi connectivity index (χ2n) is 7.23. The molecule has 160 valence electrons. The molecule has 32 heavy (non-hydrogen) atoms. The number of rotatable bonds is 4. The number of aryl methyl sites for hydroxylation is 2. The van der Waals surface area contributed by atoms with Gasteiger partial charge in [-0.3, -0.25) is 14.2 Å². The molecular weight excluding hydrogens is 430 g/mol. The average molecular weight is 447 g/mol. The van der Waals surface area contributed by atoms with Crippen molar-refractivity contribution in [3.05, 3.63) is 69.8 Å². The Morgan fingerprint density at radius 2 is 1.91 bits per heavy atom. The molecule has 0 radical (unpaired) electrons. The van der Waals surface area contributed by atoms with Crippen molar-refractivity contribution in [3.8, 4) is 10.6 Å². The molecule has 0 bridgehead atoms. The zero-order chi connectivity index (χ0) is 22.4. The minimum absolute atomic E-state index is 0.248. The number of carbonyl (C=O) groups is 1. The number of hydrogen-bond acceptors (Lipinski definition) is 7. The van der Waals surface area contributed by atoms with Crippen molar-refractivity contribution in [1.82, 2.24) is 28.7 Å². The van der Waals surface area contributed by atoms with E-state index in [1.807, 2.05) is 30.3 Å². The first kappa shape index (κ1) is 19.8. The molecule has 10 nitrogen and oxygen atoms in total. The van der Waals surface area contributed by atoms with E-state index in [0.717, 1.165) is 25.4 Å². The number of anilines is 1. The first-order valence-corrected chi connectivity index (χ1v) is 10.5. The number of nitrogens with one attached hydrogen (secondary N) is 1. The maximum Gasteiger partial charge on any atom is 0.332 e. The van der Waals surface area contributed by atoms with Crippen molar-refractivity contribution in [2.75, 3.05) is 5.32 Å². The van der Waals surface area contributed by atoms with Crippen LogP contribution in [-0.2, 0) is 25.4 Å². The molecule has 0 aliphatic rings. The number of thiazole rings is 1. The van der Waals surface area contributed by atoms with Crippen LogP contribution in [0.5, 0.6) is 0 Å². The molecule has 0 fully saturated rings. The molecule has 0 aliphatic carbocycles. The minimum Gasteiger partial charge on any atom is -0.328 e. The molecule has 0 saturated heterocycles. The van der Waals surface area contributed by atoms with E-state index < -0.39 is 23.7 Å². The largest absolute Gasteiger partial charge is 0.332 e. The molecule has 11 heteroatoms. The van der Waals surface area contributed by atoms with E-state index in [2.05, 4.69) is 20.3 Å². The van der Waals surface area contributed by atoms with Gasteiger partial charge in [-0.1, -0.05) is 12.1 Å². The summed E-state index contributed by atoms with van der Waals surface area (Å²) >= 11 is 1.56. The second kappa shape index (κ2) is 7.54. The van der Waals surface area contributed by atoms with Gasteiger partial charge < -0.3 is 9.88 Å². The van der Waals surface area contributed by atoms with Crippen LogP contribution in [0.1, 0.15) is 0 Å². The Kier molecular flexibility index (Phi) is 4.67. The summed E-state index contributed by atoms with van der Waals surface area (Å²) in [6, 6.07) is 11.3. The smallest absolute Gasteiger partial charge is 0.328 e. The molecule has 0 saturated carbocycles. The Hall–Kier alpha value is -4.12. The van der Waals surface area contributed by atoms with Gasteiger partial charge in [-0.25, -0.2) is 24.3 Å². The Balaban J connectivity index is 1.37. The van der Waals surface area contributed by atoms with Crippen molar-refractivity contribution >= 4 is 44.4 Å². The summed E-state index contributed by atoms with van der Waals surface area (Å²) in [4.78, 5) is 50.8. The van der Waals surface area contributed by atoms with Gasteiger partial charge in [0.25, 0.3) is 5.56 Å². The first-order chi connectivity index (χ1) is 15.4. The van der Waals surface area contributed by atoms with Crippen molar-refractivity contribution in [2.45, 2.75) is 6.54 Å². The maximum absolute atomic E-state index is 12.7. The quantitative estimate of drug-likeness (QED) is 0.449. The molecule has 0 unspecified atom stereocenters. The highest BCUT2D eigenvalue weighted by molar-refractivity contribution is 7.21. The van der Waals surface area contributed by atoms with Gasteiger partial charge in [0.2, 0.25) is 5.91 Å². The van der Waals surface area contributed by atoms with Crippen molar-refractivity contribution in [1.29, 1.82) is 0 Å². The van der Waals surface area contributed by atoms with Crippen LogP contribution in [0, 0.1) is 0 Å². The number of nitrogens with zero attached hydrogens (tertiary/aromatic N) is 6. The lowest BCUT2D eigenvalue weighted by Gasteiger charge is -2.09. The summed E-state index contributed by atoms with van der Waals surface area (Å²) < 4.78 is 4.73. The zero-order valence-corrected chi connectivity index (χ0v) is 18.0. The number of hydrogen-bond donors (Lipinski definition) is 1. The third-order valence-corrected chi connectivity index (χ3v) is 6.16. The molecule has 1 amide bonds. The fraction of sp³-hybridized carbons (Fsp3) is 0.143. The van der Waals surface area contributed by atoms with Crippen LogP contribution in [0.15, 0.2) is 58.5 Å². The fourth-order valence-electron chi connectivity index (χ4n) is 3.45. The third-order valence-electron chi connectivity index (χ3n) is 5.07. The van der Waals surface area contributed by atoms with Crippen LogP contribution in [0.3, 0.4) is 0 Å². The number of imidazole rings is 1. The van der Waals surface area contributed by atoms with Gasteiger partial charge in [-0.05, 0) is 24.3 Å². The number of fused-ring (bicyclic) bond motifs is 2. The van der Waals surface area contributed by atoms with Crippen LogP contribution in [0.2, 0.25) is 0 Å². The lowest BCUT2D eigenvalue weighted by molar-refractivity contribution is -0.116. The first-order valence-electron chi connectivity index (χ1n) is 9.65. The molecule has 5 rings (SSSR count). The van der Waals surface area contributed by atoms with Gasteiger partial charge in [0, 0.05) is 25.9 Å². The van der Waals surface area contributed by atoms with Gasteiger partial charge in [0.15, 0.2) is 11.2 Å². The molecular formula is C21H17N7O3S. The fourth-order valence-corrected chi connectivity index (χ4v) is 4.41. The third kappa shape index (κ3) is 3.28. The molecule has 0 atom stereocenters. The normalized spacial score (nSPS) is 11.3. The van der Waals surface area contributed by atoms with Gasteiger partial charge in [-0.2, -0.15) is 0 Å². The zero-order valence-electron chi connectivity index (χ0n) is 17.1. The summed E-state index contributed by atoms with van der Waals surface area (Å²) in [6.45, 7) is -0.437. The highest BCUT2D eigenvalue weighted by Gasteiger charge is 2.17. The Morgan fingerprint density at radius 3 is 2.66 bits per heavy atom. The van der Waals surface area contributed by atoms with Crippen molar-refractivity contribution in [3.63, 3.8) is 0 Å². The molecule has 1 N–H and O–H groups in total. The summed E-state index contributed by atoms with van der Waals surface area (Å²) in [7, 11) is 3.16. The average Bonchev–Trinajstić information content (AvgIpc) is 3.39. The lowest BCUT2D eigenvalue weighted by atomic mass is 10.3. The van der Waals surface area contributed by atoms with Crippen LogP contribution >= 0.6 is 11.3 Å². The molecule has 0 aliphatic heterocycles. The molecule has 4 aromatic heterocycles. The molecule has 5 aromatic rings. The second-order valence-corrected chi connectivity index (χ2v) is 8.26. The van der Waals surface area contributed by atoms with E-state index in [0.29, 0.717) is 5.82 Å².